The third-order valence-electron chi connectivity index (χ3n) is 3.13. The number of amides is 1. The van der Waals surface area contributed by atoms with E-state index in [2.05, 4.69) is 11.9 Å². The lowest BCUT2D eigenvalue weighted by Gasteiger charge is -2.14. The number of hydrogen-bond acceptors (Lipinski definition) is 4. The van der Waals surface area contributed by atoms with Gasteiger partial charge in [-0.05, 0) is 31.7 Å². The average Bonchev–Trinajstić information content (AvgIpc) is 2.97. The van der Waals surface area contributed by atoms with Gasteiger partial charge in [0.1, 0.15) is 4.88 Å². The minimum absolute atomic E-state index is 0. The molecule has 1 amide bonds. The number of hydrogen-bond donors (Lipinski definition) is 1. The van der Waals surface area contributed by atoms with Gasteiger partial charge in [-0.15, -0.1) is 36.2 Å². The Kier molecular flexibility index (Phi) is 8.57. The van der Waals surface area contributed by atoms with Gasteiger partial charge in [0.05, 0.1) is 11.2 Å². The van der Waals surface area contributed by atoms with Crippen molar-refractivity contribution in [3.05, 3.63) is 16.1 Å². The summed E-state index contributed by atoms with van der Waals surface area (Å²) in [5.41, 5.74) is 5.63. The number of aromatic nitrogens is 1. The van der Waals surface area contributed by atoms with Crippen molar-refractivity contribution < 1.29 is 4.79 Å². The van der Waals surface area contributed by atoms with E-state index in [-0.39, 0.29) is 30.7 Å². The van der Waals surface area contributed by atoms with Gasteiger partial charge >= 0.3 is 0 Å². The predicted molar refractivity (Wildman–Crippen MR) is 83.7 cm³/mol. The summed E-state index contributed by atoms with van der Waals surface area (Å²) in [4.78, 5) is 19.1. The van der Waals surface area contributed by atoms with E-state index in [1.165, 1.54) is 11.3 Å². The van der Waals surface area contributed by atoms with Crippen LogP contribution in [-0.2, 0) is 6.42 Å². The van der Waals surface area contributed by atoms with Gasteiger partial charge in [0.25, 0.3) is 5.91 Å². The number of thiazole rings is 1. The molecule has 19 heavy (non-hydrogen) atoms. The van der Waals surface area contributed by atoms with Crippen LogP contribution in [0.25, 0.3) is 0 Å². The monoisotopic (exact) mass is 325 g/mol. The second-order valence-electron chi connectivity index (χ2n) is 4.51. The fourth-order valence-corrected chi connectivity index (χ4v) is 3.09. The Morgan fingerprint density at radius 2 is 2.32 bits per heavy atom. The van der Waals surface area contributed by atoms with E-state index in [1.807, 2.05) is 4.90 Å². The van der Waals surface area contributed by atoms with Gasteiger partial charge < -0.3 is 10.6 Å². The summed E-state index contributed by atoms with van der Waals surface area (Å²) in [6.07, 6.45) is 4.78. The minimum atomic E-state index is 0. The Bertz CT molecular complexity index is 400. The summed E-state index contributed by atoms with van der Waals surface area (Å²) >= 11 is 1.53. The summed E-state index contributed by atoms with van der Waals surface area (Å²) in [7, 11) is 0. The van der Waals surface area contributed by atoms with Crippen molar-refractivity contribution in [3.8, 4) is 0 Å². The lowest BCUT2D eigenvalue weighted by atomic mass is 10.1. The first-order valence-electron chi connectivity index (χ1n) is 6.18. The minimum Gasteiger partial charge on any atom is -0.338 e. The summed E-state index contributed by atoms with van der Waals surface area (Å²) in [5.74, 6) is 0.600. The number of halogens is 2. The van der Waals surface area contributed by atoms with Crippen molar-refractivity contribution in [2.45, 2.75) is 26.2 Å². The van der Waals surface area contributed by atoms with E-state index < -0.39 is 0 Å². The first kappa shape index (κ1) is 18.6. The number of nitrogens with zero attached hydrogens (tertiary/aromatic N) is 2. The molecule has 1 fully saturated rings. The van der Waals surface area contributed by atoms with Crippen LogP contribution in [0, 0.1) is 5.92 Å². The Labute approximate surface area is 130 Å². The van der Waals surface area contributed by atoms with Crippen LogP contribution in [-0.4, -0.2) is 35.4 Å². The summed E-state index contributed by atoms with van der Waals surface area (Å²) < 4.78 is 0. The van der Waals surface area contributed by atoms with Gasteiger partial charge in [-0.2, -0.15) is 0 Å². The molecule has 110 valence electrons. The Balaban J connectivity index is 0.00000162. The van der Waals surface area contributed by atoms with Crippen LogP contribution in [0.3, 0.4) is 0 Å². The van der Waals surface area contributed by atoms with Crippen molar-refractivity contribution in [2.24, 2.45) is 11.7 Å². The zero-order chi connectivity index (χ0) is 12.3. The van der Waals surface area contributed by atoms with Gasteiger partial charge in [-0.1, -0.05) is 6.92 Å². The number of rotatable bonds is 4. The van der Waals surface area contributed by atoms with E-state index in [0.717, 1.165) is 42.2 Å². The molecule has 4 nitrogen and oxygen atoms in total. The van der Waals surface area contributed by atoms with E-state index in [0.29, 0.717) is 12.5 Å². The molecule has 1 unspecified atom stereocenters. The lowest BCUT2D eigenvalue weighted by Crippen LogP contribution is -2.29. The average molecular weight is 326 g/mol. The lowest BCUT2D eigenvalue weighted by molar-refractivity contribution is 0.0792. The highest BCUT2D eigenvalue weighted by Crippen LogP contribution is 2.21. The molecular weight excluding hydrogens is 305 g/mol. The molecule has 2 heterocycles. The van der Waals surface area contributed by atoms with Gasteiger partial charge in [-0.25, -0.2) is 4.98 Å². The number of carbonyl (C=O) groups excluding carboxylic acids is 1. The van der Waals surface area contributed by atoms with Crippen LogP contribution in [0.1, 0.15) is 34.4 Å². The number of likely N-dealkylation sites (tertiary alicyclic amines) is 1. The van der Waals surface area contributed by atoms with Crippen molar-refractivity contribution in [2.75, 3.05) is 19.6 Å². The molecule has 2 N–H and O–H groups in total. The fraction of sp³-hybridized carbons (Fsp3) is 0.667. The third kappa shape index (κ3) is 4.60. The molecule has 1 aromatic rings. The van der Waals surface area contributed by atoms with Crippen LogP contribution in [0.15, 0.2) is 6.20 Å². The highest BCUT2D eigenvalue weighted by atomic mass is 35.5. The smallest absolute Gasteiger partial charge is 0.265 e. The molecule has 1 saturated heterocycles. The molecule has 0 aromatic carbocycles. The summed E-state index contributed by atoms with van der Waals surface area (Å²) in [6.45, 7) is 4.43. The standard InChI is InChI=1S/C12H19N3OS.2ClH/c1-2-3-11-14-7-10(17-11)12(16)15-5-4-9(6-13)8-15;;/h7,9H,2-6,8,13H2,1H3;2*1H. The summed E-state index contributed by atoms with van der Waals surface area (Å²) in [5, 5.41) is 1.06. The Morgan fingerprint density at radius 1 is 1.58 bits per heavy atom. The quantitative estimate of drug-likeness (QED) is 0.924. The molecule has 0 radical (unpaired) electrons. The Morgan fingerprint density at radius 3 is 2.89 bits per heavy atom. The van der Waals surface area contributed by atoms with Crippen molar-refractivity contribution in [3.63, 3.8) is 0 Å². The van der Waals surface area contributed by atoms with E-state index in [4.69, 9.17) is 5.73 Å². The largest absolute Gasteiger partial charge is 0.338 e. The molecule has 0 saturated carbocycles. The second-order valence-corrected chi connectivity index (χ2v) is 5.63. The highest BCUT2D eigenvalue weighted by Gasteiger charge is 2.26. The Hall–Kier alpha value is -0.360. The maximum Gasteiger partial charge on any atom is 0.265 e. The van der Waals surface area contributed by atoms with E-state index >= 15 is 0 Å². The van der Waals surface area contributed by atoms with Gasteiger partial charge in [0.2, 0.25) is 0 Å². The number of nitrogens with two attached hydrogens (primary N) is 1. The maximum atomic E-state index is 12.2. The maximum absolute atomic E-state index is 12.2. The van der Waals surface area contributed by atoms with Gasteiger partial charge in [0.15, 0.2) is 0 Å². The molecule has 1 aliphatic rings. The molecule has 1 aromatic heterocycles. The zero-order valence-corrected chi connectivity index (χ0v) is 13.5. The highest BCUT2D eigenvalue weighted by molar-refractivity contribution is 7.13. The predicted octanol–water partition coefficient (Wildman–Crippen LogP) is 2.36. The number of aryl methyl sites for hydroxylation is 1. The third-order valence-corrected chi connectivity index (χ3v) is 4.18. The topological polar surface area (TPSA) is 59.2 Å². The molecule has 0 spiro atoms. The first-order chi connectivity index (χ1) is 8.24. The van der Waals surface area contributed by atoms with Gasteiger partial charge in [0, 0.05) is 13.1 Å². The van der Waals surface area contributed by atoms with Crippen molar-refractivity contribution in [1.82, 2.24) is 9.88 Å². The molecule has 0 bridgehead atoms. The van der Waals surface area contributed by atoms with Crippen LogP contribution >= 0.6 is 36.2 Å². The SMILES string of the molecule is CCCc1ncc(C(=O)N2CCC(CN)C2)s1.Cl.Cl. The van der Waals surface area contributed by atoms with Crippen LogP contribution in [0.2, 0.25) is 0 Å². The van der Waals surface area contributed by atoms with Gasteiger partial charge in [-0.3, -0.25) is 4.79 Å². The zero-order valence-electron chi connectivity index (χ0n) is 11.0. The number of carbonyl (C=O) groups is 1. The molecule has 1 atom stereocenters. The molecule has 7 heteroatoms. The normalized spacial score (nSPS) is 17.8. The van der Waals surface area contributed by atoms with Crippen molar-refractivity contribution >= 4 is 42.1 Å². The summed E-state index contributed by atoms with van der Waals surface area (Å²) in [6, 6.07) is 0. The molecule has 2 rings (SSSR count). The van der Waals surface area contributed by atoms with Crippen LogP contribution in [0.4, 0.5) is 0 Å². The fourth-order valence-electron chi connectivity index (χ4n) is 2.10. The van der Waals surface area contributed by atoms with Crippen molar-refractivity contribution in [1.29, 1.82) is 0 Å². The van der Waals surface area contributed by atoms with Crippen LogP contribution < -0.4 is 5.73 Å². The van der Waals surface area contributed by atoms with Crippen LogP contribution in [0.5, 0.6) is 0 Å². The van der Waals surface area contributed by atoms with E-state index in [9.17, 15) is 4.79 Å². The molecular formula is C12H21Cl2N3OS. The first-order valence-corrected chi connectivity index (χ1v) is 7.00. The second kappa shape index (κ2) is 8.74. The molecule has 0 aliphatic carbocycles. The van der Waals surface area contributed by atoms with E-state index in [1.54, 1.807) is 6.20 Å². The molecule has 1 aliphatic heterocycles.